The van der Waals surface area contributed by atoms with Crippen molar-refractivity contribution in [1.29, 1.82) is 0 Å². The van der Waals surface area contributed by atoms with Crippen LogP contribution in [0.5, 0.6) is 11.5 Å². The molecule has 6 nitrogen and oxygen atoms in total. The number of ether oxygens (including phenoxy) is 2. The fourth-order valence-electron chi connectivity index (χ4n) is 3.37. The fraction of sp³-hybridized carbons (Fsp3) is 0.417. The number of rotatable bonds is 3. The summed E-state index contributed by atoms with van der Waals surface area (Å²) in [5.74, 6) is 2.14. The Labute approximate surface area is 177 Å². The average Bonchev–Trinajstić information content (AvgIpc) is 2.68. The predicted octanol–water partition coefficient (Wildman–Crippen LogP) is 5.32. The molecule has 30 heavy (non-hydrogen) atoms. The van der Waals surface area contributed by atoms with Gasteiger partial charge in [-0.2, -0.15) is 9.59 Å². The number of amides is 1. The zero-order valence-electron chi connectivity index (χ0n) is 18.0. The van der Waals surface area contributed by atoms with Crippen LogP contribution in [0.2, 0.25) is 0 Å². The molecule has 1 heterocycles. The van der Waals surface area contributed by atoms with Crippen LogP contribution in [0.15, 0.2) is 48.5 Å². The smallest absolute Gasteiger partial charge is 0.410 e. The standard InChI is InChI=1S/C23H29NO3.CO2/c1-17-7-5-9-20(15-17)26-21-10-6-8-19(16-21)18-11-13-24(14-12-18)22(25)27-23(2,3)4;2-1-3/h5-10,15-16,18H,11-14H2,1-4H3;. The number of carbonyl (C=O) groups excluding carboxylic acids is 3. The molecule has 6 heteroatoms. The van der Waals surface area contributed by atoms with Gasteiger partial charge in [-0.3, -0.25) is 0 Å². The maximum Gasteiger partial charge on any atom is 0.410 e. The van der Waals surface area contributed by atoms with Crippen LogP contribution in [0, 0.1) is 6.92 Å². The summed E-state index contributed by atoms with van der Waals surface area (Å²) in [5.41, 5.74) is 2.00. The minimum absolute atomic E-state index is 0.211. The van der Waals surface area contributed by atoms with Gasteiger partial charge in [0.05, 0.1) is 0 Å². The number of piperidine rings is 1. The van der Waals surface area contributed by atoms with Gasteiger partial charge in [0.2, 0.25) is 0 Å². The maximum atomic E-state index is 12.2. The molecule has 1 saturated heterocycles. The van der Waals surface area contributed by atoms with Crippen LogP contribution in [0.1, 0.15) is 50.7 Å². The Kier molecular flexibility index (Phi) is 8.19. The van der Waals surface area contributed by atoms with E-state index in [9.17, 15) is 4.79 Å². The molecule has 1 aliphatic heterocycles. The Hall–Kier alpha value is -3.11. The second kappa shape index (κ2) is 10.6. The van der Waals surface area contributed by atoms with Crippen molar-refractivity contribution in [2.24, 2.45) is 0 Å². The van der Waals surface area contributed by atoms with Gasteiger partial charge in [0.1, 0.15) is 17.1 Å². The molecule has 0 N–H and O–H groups in total. The highest BCUT2D eigenvalue weighted by molar-refractivity contribution is 5.68. The van der Waals surface area contributed by atoms with Crippen molar-refractivity contribution >= 4 is 12.2 Å². The third kappa shape index (κ3) is 7.37. The Morgan fingerprint density at radius 1 is 1.00 bits per heavy atom. The highest BCUT2D eigenvalue weighted by Crippen LogP contribution is 2.32. The van der Waals surface area contributed by atoms with Crippen molar-refractivity contribution in [3.8, 4) is 11.5 Å². The number of hydrogen-bond acceptors (Lipinski definition) is 5. The highest BCUT2D eigenvalue weighted by atomic mass is 16.6. The van der Waals surface area contributed by atoms with E-state index in [4.69, 9.17) is 19.1 Å². The topological polar surface area (TPSA) is 72.9 Å². The van der Waals surface area contributed by atoms with Gasteiger partial charge in [-0.15, -0.1) is 0 Å². The normalized spacial score (nSPS) is 14.2. The molecule has 0 aromatic heterocycles. The maximum absolute atomic E-state index is 12.2. The summed E-state index contributed by atoms with van der Waals surface area (Å²) in [6.07, 6.45) is 1.91. The lowest BCUT2D eigenvalue weighted by Gasteiger charge is -2.33. The van der Waals surface area contributed by atoms with E-state index in [2.05, 4.69) is 25.1 Å². The first-order valence-corrected chi connectivity index (χ1v) is 10.0. The van der Waals surface area contributed by atoms with Gasteiger partial charge in [-0.25, -0.2) is 4.79 Å². The van der Waals surface area contributed by atoms with E-state index >= 15 is 0 Å². The first-order chi connectivity index (χ1) is 14.2. The number of carbonyl (C=O) groups is 1. The van der Waals surface area contributed by atoms with Gasteiger partial charge >= 0.3 is 12.2 Å². The summed E-state index contributed by atoms with van der Waals surface area (Å²) in [5, 5.41) is 0. The predicted molar refractivity (Wildman–Crippen MR) is 112 cm³/mol. The minimum atomic E-state index is -0.449. The van der Waals surface area contributed by atoms with Crippen molar-refractivity contribution in [2.75, 3.05) is 13.1 Å². The Morgan fingerprint density at radius 3 is 2.13 bits per heavy atom. The molecule has 0 atom stereocenters. The lowest BCUT2D eigenvalue weighted by Crippen LogP contribution is -2.41. The van der Waals surface area contributed by atoms with E-state index in [1.54, 1.807) is 0 Å². The molecule has 1 amide bonds. The van der Waals surface area contributed by atoms with Crippen molar-refractivity contribution in [3.63, 3.8) is 0 Å². The van der Waals surface area contributed by atoms with Crippen LogP contribution in [0.25, 0.3) is 0 Å². The SMILES string of the molecule is Cc1cccc(Oc2cccc(C3CCN(C(=O)OC(C)(C)C)CC3)c2)c1.O=C=O. The first kappa shape index (κ1) is 23.2. The lowest BCUT2D eigenvalue weighted by molar-refractivity contribution is -0.191. The van der Waals surface area contributed by atoms with Gasteiger partial charge in [0.15, 0.2) is 0 Å². The molecule has 0 saturated carbocycles. The lowest BCUT2D eigenvalue weighted by atomic mass is 9.89. The van der Waals surface area contributed by atoms with Crippen molar-refractivity contribution in [3.05, 3.63) is 59.7 Å². The van der Waals surface area contributed by atoms with Gasteiger partial charge < -0.3 is 14.4 Å². The Balaban J connectivity index is 0.00000101. The third-order valence-electron chi connectivity index (χ3n) is 4.70. The molecule has 0 aliphatic carbocycles. The van der Waals surface area contributed by atoms with Crippen molar-refractivity contribution in [1.82, 2.24) is 4.90 Å². The first-order valence-electron chi connectivity index (χ1n) is 10.0. The van der Waals surface area contributed by atoms with Crippen molar-refractivity contribution < 1.29 is 23.9 Å². The zero-order valence-corrected chi connectivity index (χ0v) is 18.0. The van der Waals surface area contributed by atoms with E-state index in [1.807, 2.05) is 56.0 Å². The largest absolute Gasteiger partial charge is 0.457 e. The van der Waals surface area contributed by atoms with E-state index in [1.165, 1.54) is 11.1 Å². The van der Waals surface area contributed by atoms with E-state index in [0.29, 0.717) is 5.92 Å². The van der Waals surface area contributed by atoms with Gasteiger partial charge in [0.25, 0.3) is 0 Å². The minimum Gasteiger partial charge on any atom is -0.457 e. The molecule has 160 valence electrons. The summed E-state index contributed by atoms with van der Waals surface area (Å²) < 4.78 is 11.5. The summed E-state index contributed by atoms with van der Waals surface area (Å²) in [4.78, 5) is 30.3. The second-order valence-electron chi connectivity index (χ2n) is 8.32. The summed E-state index contributed by atoms with van der Waals surface area (Å²) in [6, 6.07) is 16.4. The molecular formula is C24H29NO5. The quantitative estimate of drug-likeness (QED) is 0.684. The molecule has 0 unspecified atom stereocenters. The molecule has 1 fully saturated rings. The molecular weight excluding hydrogens is 382 g/mol. The zero-order chi connectivity index (χ0) is 22.1. The number of likely N-dealkylation sites (tertiary alicyclic amines) is 1. The number of hydrogen-bond donors (Lipinski definition) is 0. The van der Waals surface area contributed by atoms with Crippen molar-refractivity contribution in [2.45, 2.75) is 52.1 Å². The third-order valence-corrected chi connectivity index (χ3v) is 4.70. The van der Waals surface area contributed by atoms with Gasteiger partial charge in [-0.05, 0) is 81.8 Å². The number of aryl methyl sites for hydroxylation is 1. The van der Waals surface area contributed by atoms with Crippen LogP contribution >= 0.6 is 0 Å². The monoisotopic (exact) mass is 411 g/mol. The fourth-order valence-corrected chi connectivity index (χ4v) is 3.37. The molecule has 0 bridgehead atoms. The highest BCUT2D eigenvalue weighted by Gasteiger charge is 2.27. The number of benzene rings is 2. The average molecular weight is 411 g/mol. The van der Waals surface area contributed by atoms with E-state index in [-0.39, 0.29) is 12.2 Å². The molecule has 0 spiro atoms. The summed E-state index contributed by atoms with van der Waals surface area (Å²) in [7, 11) is 0. The van der Waals surface area contributed by atoms with Crippen LogP contribution in [-0.4, -0.2) is 35.8 Å². The van der Waals surface area contributed by atoms with Gasteiger partial charge in [0, 0.05) is 13.1 Å². The second-order valence-corrected chi connectivity index (χ2v) is 8.32. The molecule has 2 aromatic carbocycles. The number of nitrogens with zero attached hydrogens (tertiary/aromatic N) is 1. The Morgan fingerprint density at radius 2 is 1.57 bits per heavy atom. The van der Waals surface area contributed by atoms with Crippen LogP contribution in [0.4, 0.5) is 4.79 Å². The molecule has 0 radical (unpaired) electrons. The van der Waals surface area contributed by atoms with Gasteiger partial charge in [-0.1, -0.05) is 24.3 Å². The summed E-state index contributed by atoms with van der Waals surface area (Å²) in [6.45, 7) is 9.21. The van der Waals surface area contributed by atoms with Crippen LogP contribution in [0.3, 0.4) is 0 Å². The summed E-state index contributed by atoms with van der Waals surface area (Å²) >= 11 is 0. The molecule has 3 rings (SSSR count). The van der Waals surface area contributed by atoms with Crippen LogP contribution < -0.4 is 4.74 Å². The molecule has 2 aromatic rings. The Bertz CT molecular complexity index is 873. The van der Waals surface area contributed by atoms with E-state index in [0.717, 1.165) is 37.4 Å². The molecule has 1 aliphatic rings. The van der Waals surface area contributed by atoms with Crippen LogP contribution in [-0.2, 0) is 14.3 Å². The van der Waals surface area contributed by atoms with E-state index < -0.39 is 5.60 Å².